The number of nitrogens with zero attached hydrogens (tertiary/aromatic N) is 2. The van der Waals surface area contributed by atoms with Gasteiger partial charge in [-0.15, -0.1) is 11.3 Å². The second kappa shape index (κ2) is 7.13. The Morgan fingerprint density at radius 1 is 1.35 bits per heavy atom. The average Bonchev–Trinajstić information content (AvgIpc) is 2.94. The lowest BCUT2D eigenvalue weighted by Crippen LogP contribution is -2.22. The van der Waals surface area contributed by atoms with E-state index >= 15 is 0 Å². The molecule has 0 fully saturated rings. The molecule has 124 valence electrons. The van der Waals surface area contributed by atoms with Gasteiger partial charge in [0, 0.05) is 16.5 Å². The lowest BCUT2D eigenvalue weighted by atomic mass is 9.93. The van der Waals surface area contributed by atoms with Gasteiger partial charge in [0.25, 0.3) is 0 Å². The van der Waals surface area contributed by atoms with Gasteiger partial charge in [-0.3, -0.25) is 0 Å². The number of guanidine groups is 1. The highest BCUT2D eigenvalue weighted by atomic mass is 32.1. The maximum absolute atomic E-state index is 5.99. The summed E-state index contributed by atoms with van der Waals surface area (Å²) in [6.07, 6.45) is 0. The summed E-state index contributed by atoms with van der Waals surface area (Å²) < 4.78 is 0. The molecule has 0 amide bonds. The van der Waals surface area contributed by atoms with Crippen LogP contribution in [0.15, 0.2) is 34.6 Å². The van der Waals surface area contributed by atoms with E-state index in [4.69, 9.17) is 5.73 Å². The molecular weight excluding hydrogens is 304 g/mol. The summed E-state index contributed by atoms with van der Waals surface area (Å²) in [5.74, 6) is 0.902. The fourth-order valence-electron chi connectivity index (χ4n) is 2.04. The molecule has 23 heavy (non-hydrogen) atoms. The van der Waals surface area contributed by atoms with Gasteiger partial charge in [0.15, 0.2) is 5.96 Å². The molecule has 1 heterocycles. The van der Waals surface area contributed by atoms with E-state index in [0.717, 1.165) is 16.4 Å². The molecule has 0 bridgehead atoms. The monoisotopic (exact) mass is 330 g/mol. The summed E-state index contributed by atoms with van der Waals surface area (Å²) in [5, 5.41) is 6.23. The Kier molecular flexibility index (Phi) is 5.42. The highest BCUT2D eigenvalue weighted by molar-refractivity contribution is 7.09. The number of nitrogens with one attached hydrogen (secondary N) is 1. The predicted octanol–water partition coefficient (Wildman–Crippen LogP) is 4.49. The zero-order valence-electron chi connectivity index (χ0n) is 14.6. The lowest BCUT2D eigenvalue weighted by molar-refractivity contribution is 0.571. The van der Waals surface area contributed by atoms with Gasteiger partial charge in [-0.25, -0.2) is 9.98 Å². The summed E-state index contributed by atoms with van der Waals surface area (Å²) in [4.78, 5) is 9.02. The minimum atomic E-state index is 0.0690. The molecule has 2 rings (SSSR count). The molecule has 5 heteroatoms. The van der Waals surface area contributed by atoms with Crippen LogP contribution in [0.25, 0.3) is 0 Å². The van der Waals surface area contributed by atoms with Crippen molar-refractivity contribution in [3.63, 3.8) is 0 Å². The van der Waals surface area contributed by atoms with Crippen molar-refractivity contribution in [3.8, 4) is 0 Å². The smallest absolute Gasteiger partial charge is 0.193 e. The maximum Gasteiger partial charge on any atom is 0.193 e. The third kappa shape index (κ3) is 5.06. The fraction of sp³-hybridized carbons (Fsp3) is 0.444. The highest BCUT2D eigenvalue weighted by Crippen LogP contribution is 2.24. The van der Waals surface area contributed by atoms with E-state index in [1.54, 1.807) is 11.3 Å². The first kappa shape index (κ1) is 17.5. The van der Waals surface area contributed by atoms with Gasteiger partial charge in [-0.2, -0.15) is 0 Å². The van der Waals surface area contributed by atoms with Crippen molar-refractivity contribution >= 4 is 23.0 Å². The van der Waals surface area contributed by atoms with E-state index < -0.39 is 0 Å². The van der Waals surface area contributed by atoms with Crippen LogP contribution in [0, 0.1) is 0 Å². The van der Waals surface area contributed by atoms with Crippen LogP contribution in [0.1, 0.15) is 56.8 Å². The number of rotatable bonds is 4. The number of benzene rings is 1. The normalized spacial score (nSPS) is 12.7. The number of hydrogen-bond acceptors (Lipinski definition) is 3. The van der Waals surface area contributed by atoms with Crippen LogP contribution in [-0.4, -0.2) is 10.9 Å². The van der Waals surface area contributed by atoms with Crippen molar-refractivity contribution in [1.29, 1.82) is 0 Å². The van der Waals surface area contributed by atoms with E-state index in [1.165, 1.54) is 5.56 Å². The number of aromatic nitrogens is 1. The highest BCUT2D eigenvalue weighted by Gasteiger charge is 2.17. The first-order valence-corrected chi connectivity index (χ1v) is 8.75. The Balaban J connectivity index is 2.00. The van der Waals surface area contributed by atoms with Gasteiger partial charge in [0.2, 0.25) is 0 Å². The van der Waals surface area contributed by atoms with Crippen LogP contribution in [0.5, 0.6) is 0 Å². The molecule has 1 aromatic carbocycles. The molecule has 0 aliphatic carbocycles. The average molecular weight is 331 g/mol. The number of hydrogen-bond donors (Lipinski definition) is 2. The number of anilines is 1. The molecule has 2 aromatic rings. The van der Waals surface area contributed by atoms with Crippen LogP contribution in [0.2, 0.25) is 0 Å². The lowest BCUT2D eigenvalue weighted by Gasteiger charge is -2.14. The van der Waals surface area contributed by atoms with Gasteiger partial charge in [0.1, 0.15) is 5.01 Å². The van der Waals surface area contributed by atoms with Crippen molar-refractivity contribution in [2.24, 2.45) is 10.7 Å². The second-order valence-corrected chi connectivity index (χ2v) is 7.93. The number of aliphatic imine (C=N–C) groups is 1. The second-order valence-electron chi connectivity index (χ2n) is 6.98. The van der Waals surface area contributed by atoms with E-state index in [2.05, 4.69) is 67.4 Å². The van der Waals surface area contributed by atoms with E-state index in [0.29, 0.717) is 18.4 Å². The molecule has 0 aliphatic heterocycles. The van der Waals surface area contributed by atoms with Crippen LogP contribution >= 0.6 is 11.3 Å². The van der Waals surface area contributed by atoms with E-state index in [9.17, 15) is 0 Å². The van der Waals surface area contributed by atoms with E-state index in [1.807, 2.05) is 12.1 Å². The Bertz CT molecular complexity index is 680. The molecular formula is C18H26N4S. The molecule has 0 saturated heterocycles. The zero-order chi connectivity index (χ0) is 17.0. The molecule has 3 N–H and O–H groups in total. The molecule has 0 saturated carbocycles. The number of thiazole rings is 1. The minimum Gasteiger partial charge on any atom is -0.370 e. The molecule has 0 unspecified atom stereocenters. The van der Waals surface area contributed by atoms with Crippen molar-refractivity contribution in [1.82, 2.24) is 4.98 Å². The summed E-state index contributed by atoms with van der Waals surface area (Å²) in [6, 6.07) is 8.25. The molecule has 0 atom stereocenters. The first-order valence-electron chi connectivity index (χ1n) is 7.87. The van der Waals surface area contributed by atoms with Crippen LogP contribution in [-0.2, 0) is 12.0 Å². The SMILES string of the molecule is CC(C)c1cccc(NC(N)=NCc2nc(C(C)(C)C)cs2)c1. The molecule has 1 aromatic heterocycles. The van der Waals surface area contributed by atoms with Gasteiger partial charge in [-0.05, 0) is 23.6 Å². The minimum absolute atomic E-state index is 0.0690. The van der Waals surface area contributed by atoms with Crippen molar-refractivity contribution in [3.05, 3.63) is 45.9 Å². The first-order chi connectivity index (χ1) is 10.8. The third-order valence-corrected chi connectivity index (χ3v) is 4.36. The number of nitrogens with two attached hydrogens (primary N) is 1. The quantitative estimate of drug-likeness (QED) is 0.641. The Labute approximate surface area is 142 Å². The van der Waals surface area contributed by atoms with Crippen molar-refractivity contribution in [2.45, 2.75) is 52.5 Å². The Morgan fingerprint density at radius 3 is 2.70 bits per heavy atom. The Morgan fingerprint density at radius 2 is 2.09 bits per heavy atom. The molecule has 4 nitrogen and oxygen atoms in total. The third-order valence-electron chi connectivity index (χ3n) is 3.53. The van der Waals surface area contributed by atoms with E-state index in [-0.39, 0.29) is 5.41 Å². The van der Waals surface area contributed by atoms with Gasteiger partial charge in [0.05, 0.1) is 12.2 Å². The topological polar surface area (TPSA) is 63.3 Å². The van der Waals surface area contributed by atoms with Crippen LogP contribution in [0.4, 0.5) is 5.69 Å². The standard InChI is InChI=1S/C18H26N4S/c1-12(2)13-7-6-8-14(9-13)21-17(19)20-10-16-22-15(11-23-16)18(3,4)5/h6-9,11-12H,10H2,1-5H3,(H3,19,20,21). The summed E-state index contributed by atoms with van der Waals surface area (Å²) in [5.41, 5.74) is 9.40. The summed E-state index contributed by atoms with van der Waals surface area (Å²) in [7, 11) is 0. The fourth-order valence-corrected chi connectivity index (χ4v) is 2.99. The van der Waals surface area contributed by atoms with Crippen LogP contribution < -0.4 is 11.1 Å². The zero-order valence-corrected chi connectivity index (χ0v) is 15.4. The van der Waals surface area contributed by atoms with Gasteiger partial charge < -0.3 is 11.1 Å². The van der Waals surface area contributed by atoms with Crippen molar-refractivity contribution in [2.75, 3.05) is 5.32 Å². The summed E-state index contributed by atoms with van der Waals surface area (Å²) in [6.45, 7) is 11.3. The molecule has 0 radical (unpaired) electrons. The van der Waals surface area contributed by atoms with Gasteiger partial charge >= 0.3 is 0 Å². The van der Waals surface area contributed by atoms with Gasteiger partial charge in [-0.1, -0.05) is 46.8 Å². The van der Waals surface area contributed by atoms with Crippen LogP contribution in [0.3, 0.4) is 0 Å². The maximum atomic E-state index is 5.99. The molecule has 0 aliphatic rings. The van der Waals surface area contributed by atoms with Crippen molar-refractivity contribution < 1.29 is 0 Å². The Hall–Kier alpha value is -1.88. The largest absolute Gasteiger partial charge is 0.370 e. The molecule has 0 spiro atoms. The predicted molar refractivity (Wildman–Crippen MR) is 100 cm³/mol. The summed E-state index contributed by atoms with van der Waals surface area (Å²) >= 11 is 1.63.